The van der Waals surface area contributed by atoms with E-state index in [2.05, 4.69) is 4.90 Å². The van der Waals surface area contributed by atoms with E-state index in [1.807, 2.05) is 4.90 Å². The van der Waals surface area contributed by atoms with Crippen molar-refractivity contribution in [3.05, 3.63) is 0 Å². The largest absolute Gasteiger partial charge is 0.393 e. The van der Waals surface area contributed by atoms with Crippen molar-refractivity contribution < 1.29 is 4.79 Å². The van der Waals surface area contributed by atoms with Crippen molar-refractivity contribution >= 4 is 23.1 Å². The van der Waals surface area contributed by atoms with Gasteiger partial charge in [0.1, 0.15) is 0 Å². The second-order valence-corrected chi connectivity index (χ2v) is 5.53. The van der Waals surface area contributed by atoms with Gasteiger partial charge in [-0.3, -0.25) is 9.69 Å². The molecule has 0 aromatic rings. The van der Waals surface area contributed by atoms with Gasteiger partial charge in [-0.25, -0.2) is 0 Å². The standard InChI is InChI=1S/C12H21N3OS/c13-11(17)5-8-15(10-3-4-10)9-12(16)14-6-1-2-7-14/h10H,1-9H2,(H2,13,17). The van der Waals surface area contributed by atoms with Crippen molar-refractivity contribution in [2.45, 2.75) is 38.1 Å². The predicted molar refractivity (Wildman–Crippen MR) is 71.8 cm³/mol. The molecule has 2 rings (SSSR count). The molecule has 0 bridgehead atoms. The summed E-state index contributed by atoms with van der Waals surface area (Å²) in [4.78, 5) is 16.8. The molecule has 2 fully saturated rings. The Balaban J connectivity index is 1.79. The Kier molecular flexibility index (Phi) is 4.34. The van der Waals surface area contributed by atoms with E-state index in [1.54, 1.807) is 0 Å². The first kappa shape index (κ1) is 12.8. The van der Waals surface area contributed by atoms with Crippen LogP contribution in [-0.2, 0) is 4.79 Å². The van der Waals surface area contributed by atoms with Gasteiger partial charge in [0.2, 0.25) is 5.91 Å². The smallest absolute Gasteiger partial charge is 0.236 e. The molecule has 1 saturated heterocycles. The van der Waals surface area contributed by atoms with E-state index in [0.29, 0.717) is 17.6 Å². The Labute approximate surface area is 108 Å². The highest BCUT2D eigenvalue weighted by Gasteiger charge is 2.31. The zero-order valence-electron chi connectivity index (χ0n) is 10.2. The Hall–Kier alpha value is -0.680. The zero-order valence-corrected chi connectivity index (χ0v) is 11.0. The van der Waals surface area contributed by atoms with Crippen LogP contribution in [0.2, 0.25) is 0 Å². The molecule has 5 heteroatoms. The number of amides is 1. The Morgan fingerprint density at radius 1 is 1.35 bits per heavy atom. The Morgan fingerprint density at radius 3 is 2.53 bits per heavy atom. The van der Waals surface area contributed by atoms with Crippen molar-refractivity contribution in [2.75, 3.05) is 26.2 Å². The van der Waals surface area contributed by atoms with Crippen molar-refractivity contribution in [2.24, 2.45) is 5.73 Å². The molecule has 2 N–H and O–H groups in total. The number of carbonyl (C=O) groups is 1. The second kappa shape index (κ2) is 5.78. The van der Waals surface area contributed by atoms with Gasteiger partial charge in [0.25, 0.3) is 0 Å². The summed E-state index contributed by atoms with van der Waals surface area (Å²) in [6.07, 6.45) is 5.46. The van der Waals surface area contributed by atoms with E-state index < -0.39 is 0 Å². The van der Waals surface area contributed by atoms with Gasteiger partial charge < -0.3 is 10.6 Å². The Bertz CT molecular complexity index is 298. The molecule has 0 aromatic carbocycles. The van der Waals surface area contributed by atoms with Gasteiger partial charge in [0.05, 0.1) is 11.5 Å². The average molecular weight is 255 g/mol. The molecule has 4 nitrogen and oxygen atoms in total. The summed E-state index contributed by atoms with van der Waals surface area (Å²) >= 11 is 4.90. The zero-order chi connectivity index (χ0) is 12.3. The highest BCUT2D eigenvalue weighted by atomic mass is 32.1. The third-order valence-electron chi connectivity index (χ3n) is 3.51. The maximum atomic E-state index is 12.1. The monoisotopic (exact) mass is 255 g/mol. The first-order valence-electron chi connectivity index (χ1n) is 6.47. The van der Waals surface area contributed by atoms with E-state index >= 15 is 0 Å². The summed E-state index contributed by atoms with van der Waals surface area (Å²) in [5.41, 5.74) is 5.52. The topological polar surface area (TPSA) is 49.6 Å². The molecule has 96 valence electrons. The summed E-state index contributed by atoms with van der Waals surface area (Å²) in [5.74, 6) is 0.275. The van der Waals surface area contributed by atoms with Gasteiger partial charge in [-0.05, 0) is 25.7 Å². The van der Waals surface area contributed by atoms with Gasteiger partial charge in [0, 0.05) is 32.1 Å². The van der Waals surface area contributed by atoms with E-state index in [-0.39, 0.29) is 5.91 Å². The molecule has 0 unspecified atom stereocenters. The molecule has 1 amide bonds. The number of likely N-dealkylation sites (tertiary alicyclic amines) is 1. The van der Waals surface area contributed by atoms with Crippen LogP contribution in [0.5, 0.6) is 0 Å². The predicted octanol–water partition coefficient (Wildman–Crippen LogP) is 0.749. The highest BCUT2D eigenvalue weighted by molar-refractivity contribution is 7.80. The van der Waals surface area contributed by atoms with Crippen LogP contribution in [0.3, 0.4) is 0 Å². The van der Waals surface area contributed by atoms with Crippen molar-refractivity contribution in [3.63, 3.8) is 0 Å². The SMILES string of the molecule is NC(=S)CCN(CC(=O)N1CCCC1)C1CC1. The summed E-state index contributed by atoms with van der Waals surface area (Å²) in [6, 6.07) is 0.593. The van der Waals surface area contributed by atoms with Gasteiger partial charge in [-0.2, -0.15) is 0 Å². The Morgan fingerprint density at radius 2 is 2.00 bits per heavy atom. The molecule has 1 saturated carbocycles. The third kappa shape index (κ3) is 3.92. The number of hydrogen-bond acceptors (Lipinski definition) is 3. The molecule has 1 heterocycles. The molecule has 1 aliphatic heterocycles. The molecular formula is C12H21N3OS. The lowest BCUT2D eigenvalue weighted by atomic mass is 10.3. The minimum atomic E-state index is 0.275. The quantitative estimate of drug-likeness (QED) is 0.712. The summed E-state index contributed by atoms with van der Waals surface area (Å²) in [5, 5.41) is 0. The molecule has 1 aliphatic carbocycles. The average Bonchev–Trinajstić information content (AvgIpc) is 2.98. The lowest BCUT2D eigenvalue weighted by Gasteiger charge is -2.24. The maximum Gasteiger partial charge on any atom is 0.236 e. The number of rotatable bonds is 6. The maximum absolute atomic E-state index is 12.1. The molecular weight excluding hydrogens is 234 g/mol. The molecule has 2 aliphatic rings. The van der Waals surface area contributed by atoms with E-state index in [0.717, 1.165) is 38.9 Å². The number of nitrogens with zero attached hydrogens (tertiary/aromatic N) is 2. The van der Waals surface area contributed by atoms with Crippen molar-refractivity contribution in [1.29, 1.82) is 0 Å². The minimum absolute atomic E-state index is 0.275. The van der Waals surface area contributed by atoms with Crippen LogP contribution in [0.4, 0.5) is 0 Å². The van der Waals surface area contributed by atoms with Crippen LogP contribution < -0.4 is 5.73 Å². The van der Waals surface area contributed by atoms with E-state index in [1.165, 1.54) is 12.8 Å². The van der Waals surface area contributed by atoms with Crippen LogP contribution in [0.25, 0.3) is 0 Å². The molecule has 0 spiro atoms. The fourth-order valence-electron chi connectivity index (χ4n) is 2.32. The second-order valence-electron chi connectivity index (χ2n) is 5.01. The minimum Gasteiger partial charge on any atom is -0.393 e. The van der Waals surface area contributed by atoms with Gasteiger partial charge >= 0.3 is 0 Å². The molecule has 0 atom stereocenters. The fraction of sp³-hybridized carbons (Fsp3) is 0.833. The molecule has 0 radical (unpaired) electrons. The molecule has 17 heavy (non-hydrogen) atoms. The van der Waals surface area contributed by atoms with Crippen LogP contribution in [0.1, 0.15) is 32.1 Å². The molecule has 0 aromatic heterocycles. The number of hydrogen-bond donors (Lipinski definition) is 1. The number of carbonyl (C=O) groups excluding carboxylic acids is 1. The van der Waals surface area contributed by atoms with E-state index in [9.17, 15) is 4.79 Å². The van der Waals surface area contributed by atoms with Crippen LogP contribution in [0.15, 0.2) is 0 Å². The van der Waals surface area contributed by atoms with E-state index in [4.69, 9.17) is 18.0 Å². The van der Waals surface area contributed by atoms with Crippen LogP contribution >= 0.6 is 12.2 Å². The van der Waals surface area contributed by atoms with Crippen LogP contribution in [0, 0.1) is 0 Å². The number of nitrogens with two attached hydrogens (primary N) is 1. The summed E-state index contributed by atoms with van der Waals surface area (Å²) in [6.45, 7) is 3.26. The lowest BCUT2D eigenvalue weighted by molar-refractivity contribution is -0.131. The first-order valence-corrected chi connectivity index (χ1v) is 6.88. The first-order chi connectivity index (χ1) is 8.16. The van der Waals surface area contributed by atoms with Crippen molar-refractivity contribution in [3.8, 4) is 0 Å². The van der Waals surface area contributed by atoms with Gasteiger partial charge in [-0.15, -0.1) is 0 Å². The van der Waals surface area contributed by atoms with Gasteiger partial charge in [-0.1, -0.05) is 12.2 Å². The van der Waals surface area contributed by atoms with Crippen LogP contribution in [-0.4, -0.2) is 52.9 Å². The third-order valence-corrected chi connectivity index (χ3v) is 3.71. The summed E-state index contributed by atoms with van der Waals surface area (Å²) in [7, 11) is 0. The lowest BCUT2D eigenvalue weighted by Crippen LogP contribution is -2.41. The highest BCUT2D eigenvalue weighted by Crippen LogP contribution is 2.27. The normalized spacial score (nSPS) is 19.9. The number of thiocarbonyl (C=S) groups is 1. The van der Waals surface area contributed by atoms with Crippen molar-refractivity contribution in [1.82, 2.24) is 9.80 Å². The summed E-state index contributed by atoms with van der Waals surface area (Å²) < 4.78 is 0. The fourth-order valence-corrected chi connectivity index (χ4v) is 2.42. The van der Waals surface area contributed by atoms with Gasteiger partial charge in [0.15, 0.2) is 0 Å².